The number of likely N-dealkylation sites (tertiary alicyclic amines) is 1. The third kappa shape index (κ3) is 3.71. The molecule has 1 unspecified atom stereocenters. The molecule has 0 spiro atoms. The van der Waals surface area contributed by atoms with Gasteiger partial charge in [-0.05, 0) is 36.2 Å². The van der Waals surface area contributed by atoms with E-state index in [1.54, 1.807) is 0 Å². The fraction of sp³-hybridized carbons (Fsp3) is 0.278. The summed E-state index contributed by atoms with van der Waals surface area (Å²) in [4.78, 5) is 14.5. The quantitative estimate of drug-likeness (QED) is 0.941. The predicted octanol–water partition coefficient (Wildman–Crippen LogP) is 2.83. The largest absolute Gasteiger partial charge is 0.348 e. The zero-order valence-corrected chi connectivity index (χ0v) is 12.3. The molecule has 0 aromatic heterocycles. The molecule has 0 saturated carbocycles. The number of carbonyl (C=O) groups is 1. The molecule has 1 aliphatic rings. The normalized spacial score (nSPS) is 18.3. The van der Waals surface area contributed by atoms with E-state index in [4.69, 9.17) is 0 Å². The Labute approximate surface area is 129 Å². The van der Waals surface area contributed by atoms with E-state index in [-0.39, 0.29) is 17.8 Å². The lowest BCUT2D eigenvalue weighted by Gasteiger charge is -2.16. The number of nitrogens with zero attached hydrogens (tertiary/aromatic N) is 1. The van der Waals surface area contributed by atoms with Crippen LogP contribution in [0, 0.1) is 5.82 Å². The van der Waals surface area contributed by atoms with Crippen molar-refractivity contribution < 1.29 is 9.18 Å². The summed E-state index contributed by atoms with van der Waals surface area (Å²) in [5.41, 5.74) is 1.79. The first-order chi connectivity index (χ1) is 10.7. The van der Waals surface area contributed by atoms with Crippen molar-refractivity contribution in [1.82, 2.24) is 10.2 Å². The van der Waals surface area contributed by atoms with E-state index in [0.29, 0.717) is 5.56 Å². The van der Waals surface area contributed by atoms with Gasteiger partial charge in [-0.2, -0.15) is 0 Å². The van der Waals surface area contributed by atoms with Crippen molar-refractivity contribution in [1.29, 1.82) is 0 Å². The molecule has 3 rings (SSSR count). The summed E-state index contributed by atoms with van der Waals surface area (Å²) in [6.07, 6.45) is 0.944. The molecule has 1 amide bonds. The second-order valence-electron chi connectivity index (χ2n) is 5.69. The smallest absolute Gasteiger partial charge is 0.251 e. The molecule has 0 radical (unpaired) electrons. The lowest BCUT2D eigenvalue weighted by atomic mass is 10.2. The zero-order valence-electron chi connectivity index (χ0n) is 12.3. The third-order valence-electron chi connectivity index (χ3n) is 3.96. The minimum absolute atomic E-state index is 0.133. The molecule has 22 heavy (non-hydrogen) atoms. The molecule has 1 saturated heterocycles. The maximum atomic E-state index is 12.9. The van der Waals surface area contributed by atoms with Crippen LogP contribution in [0.5, 0.6) is 0 Å². The molecule has 0 aliphatic carbocycles. The molecule has 1 fully saturated rings. The molecule has 1 atom stereocenters. The van der Waals surface area contributed by atoms with Gasteiger partial charge in [0.1, 0.15) is 5.82 Å². The fourth-order valence-electron chi connectivity index (χ4n) is 2.81. The van der Waals surface area contributed by atoms with E-state index >= 15 is 0 Å². The Kier molecular flexibility index (Phi) is 4.49. The minimum atomic E-state index is -0.327. The highest BCUT2D eigenvalue weighted by Gasteiger charge is 2.24. The van der Waals surface area contributed by atoms with Crippen molar-refractivity contribution in [3.63, 3.8) is 0 Å². The van der Waals surface area contributed by atoms with Crippen molar-refractivity contribution in [3.05, 3.63) is 71.5 Å². The molecule has 1 aliphatic heterocycles. The van der Waals surface area contributed by atoms with Gasteiger partial charge in [0.15, 0.2) is 0 Å². The molecule has 1 N–H and O–H groups in total. The van der Waals surface area contributed by atoms with Crippen molar-refractivity contribution in [2.45, 2.75) is 19.0 Å². The van der Waals surface area contributed by atoms with Crippen LogP contribution in [0.4, 0.5) is 4.39 Å². The predicted molar refractivity (Wildman–Crippen MR) is 84.0 cm³/mol. The van der Waals surface area contributed by atoms with Crippen molar-refractivity contribution >= 4 is 5.91 Å². The molecule has 2 aromatic rings. The number of hydrogen-bond donors (Lipinski definition) is 1. The van der Waals surface area contributed by atoms with E-state index < -0.39 is 0 Å². The van der Waals surface area contributed by atoms with Gasteiger partial charge in [0.2, 0.25) is 0 Å². The van der Waals surface area contributed by atoms with Gasteiger partial charge in [0.25, 0.3) is 5.91 Å². The van der Waals surface area contributed by atoms with E-state index in [9.17, 15) is 9.18 Å². The van der Waals surface area contributed by atoms with E-state index in [1.807, 2.05) is 18.2 Å². The molecule has 1 heterocycles. The van der Waals surface area contributed by atoms with Crippen LogP contribution in [0.3, 0.4) is 0 Å². The highest BCUT2D eigenvalue weighted by Crippen LogP contribution is 2.14. The Balaban J connectivity index is 1.52. The van der Waals surface area contributed by atoms with Crippen molar-refractivity contribution in [2.24, 2.45) is 0 Å². The Bertz CT molecular complexity index is 627. The van der Waals surface area contributed by atoms with Crippen molar-refractivity contribution in [3.8, 4) is 0 Å². The van der Waals surface area contributed by atoms with Gasteiger partial charge in [-0.15, -0.1) is 0 Å². The summed E-state index contributed by atoms with van der Waals surface area (Å²) in [5.74, 6) is -0.460. The molecule has 2 aromatic carbocycles. The lowest BCUT2D eigenvalue weighted by molar-refractivity contribution is 0.0937. The van der Waals surface area contributed by atoms with Crippen LogP contribution in [0.1, 0.15) is 22.3 Å². The molecule has 4 heteroatoms. The highest BCUT2D eigenvalue weighted by molar-refractivity contribution is 5.94. The maximum Gasteiger partial charge on any atom is 0.251 e. The zero-order chi connectivity index (χ0) is 15.4. The van der Waals surface area contributed by atoms with Crippen LogP contribution in [0.15, 0.2) is 54.6 Å². The van der Waals surface area contributed by atoms with Crippen molar-refractivity contribution in [2.75, 3.05) is 13.1 Å². The number of benzene rings is 2. The molecule has 114 valence electrons. The topological polar surface area (TPSA) is 32.3 Å². The summed E-state index contributed by atoms with van der Waals surface area (Å²) >= 11 is 0. The van der Waals surface area contributed by atoms with Crippen LogP contribution < -0.4 is 5.32 Å². The second-order valence-corrected chi connectivity index (χ2v) is 5.69. The van der Waals surface area contributed by atoms with Crippen LogP contribution in [-0.2, 0) is 6.54 Å². The fourth-order valence-corrected chi connectivity index (χ4v) is 2.81. The Morgan fingerprint density at radius 2 is 1.86 bits per heavy atom. The second kappa shape index (κ2) is 6.71. The van der Waals surface area contributed by atoms with Gasteiger partial charge >= 0.3 is 0 Å². The standard InChI is InChI=1S/C18H19FN2O/c19-16-8-6-15(7-9-16)18(22)20-17-10-11-21(13-17)12-14-4-2-1-3-5-14/h1-9,17H,10-13H2,(H,20,22). The van der Waals surface area contributed by atoms with E-state index in [2.05, 4.69) is 22.3 Å². The maximum absolute atomic E-state index is 12.9. The number of hydrogen-bond acceptors (Lipinski definition) is 2. The Morgan fingerprint density at radius 1 is 1.14 bits per heavy atom. The third-order valence-corrected chi connectivity index (χ3v) is 3.96. The van der Waals surface area contributed by atoms with Gasteiger partial charge in [-0.1, -0.05) is 30.3 Å². The summed E-state index contributed by atoms with van der Waals surface area (Å²) in [7, 11) is 0. The molecular formula is C18H19FN2O. The SMILES string of the molecule is O=C(NC1CCN(Cc2ccccc2)C1)c1ccc(F)cc1. The molecule has 0 bridgehead atoms. The number of rotatable bonds is 4. The Hall–Kier alpha value is -2.20. The summed E-state index contributed by atoms with van der Waals surface area (Å²) in [5, 5.41) is 3.03. The highest BCUT2D eigenvalue weighted by atomic mass is 19.1. The first kappa shape index (κ1) is 14.7. The van der Waals surface area contributed by atoms with Gasteiger partial charge in [-0.3, -0.25) is 9.69 Å². The number of amides is 1. The van der Waals surface area contributed by atoms with Crippen LogP contribution in [0.2, 0.25) is 0 Å². The number of carbonyl (C=O) groups excluding carboxylic acids is 1. The van der Waals surface area contributed by atoms with Crippen LogP contribution in [0.25, 0.3) is 0 Å². The summed E-state index contributed by atoms with van der Waals surface area (Å²) in [6.45, 7) is 2.73. The average Bonchev–Trinajstić information content (AvgIpc) is 2.96. The van der Waals surface area contributed by atoms with Crippen LogP contribution >= 0.6 is 0 Å². The van der Waals surface area contributed by atoms with Gasteiger partial charge in [0.05, 0.1) is 0 Å². The van der Waals surface area contributed by atoms with Crippen LogP contribution in [-0.4, -0.2) is 29.9 Å². The average molecular weight is 298 g/mol. The van der Waals surface area contributed by atoms with Gasteiger partial charge < -0.3 is 5.32 Å². The first-order valence-electron chi connectivity index (χ1n) is 7.53. The number of halogens is 1. The Morgan fingerprint density at radius 3 is 2.59 bits per heavy atom. The van der Waals surface area contributed by atoms with Gasteiger partial charge in [0, 0.05) is 31.2 Å². The number of nitrogens with one attached hydrogen (secondary N) is 1. The lowest BCUT2D eigenvalue weighted by Crippen LogP contribution is -2.36. The molecular weight excluding hydrogens is 279 g/mol. The first-order valence-corrected chi connectivity index (χ1v) is 7.53. The van der Waals surface area contributed by atoms with E-state index in [1.165, 1.54) is 29.8 Å². The molecule has 3 nitrogen and oxygen atoms in total. The monoisotopic (exact) mass is 298 g/mol. The summed E-state index contributed by atoms with van der Waals surface area (Å²) < 4.78 is 12.9. The summed E-state index contributed by atoms with van der Waals surface area (Å²) in [6, 6.07) is 16.1. The van der Waals surface area contributed by atoms with E-state index in [0.717, 1.165) is 26.1 Å². The minimum Gasteiger partial charge on any atom is -0.348 e. The van der Waals surface area contributed by atoms with Gasteiger partial charge in [-0.25, -0.2) is 4.39 Å².